The molecule has 17 heavy (non-hydrogen) atoms. The molecule has 0 saturated carbocycles. The first kappa shape index (κ1) is 13.0. The van der Waals surface area contributed by atoms with E-state index in [2.05, 4.69) is 4.74 Å². The lowest BCUT2D eigenvalue weighted by atomic mass is 10.2. The monoisotopic (exact) mass is 238 g/mol. The third-order valence-electron chi connectivity index (χ3n) is 1.98. The fraction of sp³-hybridized carbons (Fsp3) is 0.333. The molecule has 5 nitrogen and oxygen atoms in total. The summed E-state index contributed by atoms with van der Waals surface area (Å²) in [6, 6.07) is 4.89. The first-order valence-electron chi connectivity index (χ1n) is 5.01. The van der Waals surface area contributed by atoms with Gasteiger partial charge in [-0.1, -0.05) is 0 Å². The van der Waals surface area contributed by atoms with Crippen LogP contribution in [-0.2, 0) is 14.3 Å². The van der Waals surface area contributed by atoms with Crippen molar-refractivity contribution in [2.45, 2.75) is 13.8 Å². The quantitative estimate of drug-likeness (QED) is 0.587. The Labute approximate surface area is 99.3 Å². The minimum atomic E-state index is -0.450. The first-order chi connectivity index (χ1) is 8.02. The molecule has 0 bridgehead atoms. The molecular formula is C12H14O5. The Balaban J connectivity index is 2.69. The number of ether oxygens (including phenoxy) is 3. The Morgan fingerprint density at radius 2 is 2.00 bits per heavy atom. The zero-order chi connectivity index (χ0) is 12.8. The van der Waals surface area contributed by atoms with Crippen LogP contribution in [0, 0.1) is 6.92 Å². The van der Waals surface area contributed by atoms with Gasteiger partial charge in [0.05, 0.1) is 7.11 Å². The fourth-order valence-corrected chi connectivity index (χ4v) is 1.21. The van der Waals surface area contributed by atoms with Gasteiger partial charge < -0.3 is 14.2 Å². The molecular weight excluding hydrogens is 224 g/mol. The van der Waals surface area contributed by atoms with Crippen LogP contribution >= 0.6 is 0 Å². The SMILES string of the molecule is COC(=O)COc1ccc(OC(C)=O)cc1C. The second kappa shape index (κ2) is 5.89. The molecule has 0 heterocycles. The maximum Gasteiger partial charge on any atom is 0.343 e. The van der Waals surface area contributed by atoms with Gasteiger partial charge in [-0.2, -0.15) is 0 Å². The number of benzene rings is 1. The molecule has 1 aromatic rings. The van der Waals surface area contributed by atoms with E-state index < -0.39 is 5.97 Å². The third kappa shape index (κ3) is 4.14. The van der Waals surface area contributed by atoms with Gasteiger partial charge in [-0.05, 0) is 30.7 Å². The smallest absolute Gasteiger partial charge is 0.343 e. The van der Waals surface area contributed by atoms with Gasteiger partial charge in [-0.3, -0.25) is 4.79 Å². The summed E-state index contributed by atoms with van der Waals surface area (Å²) in [5.41, 5.74) is 0.771. The van der Waals surface area contributed by atoms with Crippen LogP contribution in [0.2, 0.25) is 0 Å². The summed E-state index contributed by atoms with van der Waals surface area (Å²) in [5.74, 6) is 0.160. The molecule has 0 aliphatic rings. The Morgan fingerprint density at radius 1 is 1.29 bits per heavy atom. The van der Waals surface area contributed by atoms with E-state index in [9.17, 15) is 9.59 Å². The molecule has 0 aliphatic heterocycles. The highest BCUT2D eigenvalue weighted by molar-refractivity contribution is 5.71. The minimum absolute atomic E-state index is 0.149. The molecule has 1 aromatic carbocycles. The van der Waals surface area contributed by atoms with Crippen molar-refractivity contribution in [3.05, 3.63) is 23.8 Å². The molecule has 0 amide bonds. The van der Waals surface area contributed by atoms with E-state index in [1.54, 1.807) is 25.1 Å². The highest BCUT2D eigenvalue weighted by Gasteiger charge is 2.06. The maximum atomic E-state index is 10.9. The van der Waals surface area contributed by atoms with E-state index >= 15 is 0 Å². The molecule has 1 rings (SSSR count). The van der Waals surface area contributed by atoms with Crippen molar-refractivity contribution in [3.8, 4) is 11.5 Å². The third-order valence-corrected chi connectivity index (χ3v) is 1.98. The number of methoxy groups -OCH3 is 1. The standard InChI is InChI=1S/C12H14O5/c1-8-6-10(17-9(2)13)4-5-11(8)16-7-12(14)15-3/h4-6H,7H2,1-3H3. The van der Waals surface area contributed by atoms with Crippen LogP contribution in [0.3, 0.4) is 0 Å². The molecule has 0 saturated heterocycles. The first-order valence-corrected chi connectivity index (χ1v) is 5.01. The van der Waals surface area contributed by atoms with Gasteiger partial charge in [0.2, 0.25) is 0 Å². The number of hydrogen-bond acceptors (Lipinski definition) is 5. The summed E-state index contributed by atoms with van der Waals surface area (Å²) in [6.07, 6.45) is 0. The molecule has 92 valence electrons. The molecule has 0 atom stereocenters. The van der Waals surface area contributed by atoms with E-state index in [4.69, 9.17) is 9.47 Å². The average molecular weight is 238 g/mol. The summed E-state index contributed by atoms with van der Waals surface area (Å²) in [6.45, 7) is 2.97. The van der Waals surface area contributed by atoms with Crippen LogP contribution < -0.4 is 9.47 Å². The van der Waals surface area contributed by atoms with Crippen molar-refractivity contribution in [1.29, 1.82) is 0 Å². The Hall–Kier alpha value is -2.04. The summed E-state index contributed by atoms with van der Waals surface area (Å²) in [4.78, 5) is 21.6. The molecule has 0 N–H and O–H groups in total. The lowest BCUT2D eigenvalue weighted by Gasteiger charge is -2.09. The zero-order valence-corrected chi connectivity index (χ0v) is 9.98. The van der Waals surface area contributed by atoms with Crippen LogP contribution in [0.4, 0.5) is 0 Å². The van der Waals surface area contributed by atoms with Crippen molar-refractivity contribution in [2.75, 3.05) is 13.7 Å². The lowest BCUT2D eigenvalue weighted by molar-refractivity contribution is -0.142. The van der Waals surface area contributed by atoms with Crippen LogP contribution in [-0.4, -0.2) is 25.7 Å². The Morgan fingerprint density at radius 3 is 2.53 bits per heavy atom. The molecule has 0 aromatic heterocycles. The van der Waals surface area contributed by atoms with Gasteiger partial charge in [-0.15, -0.1) is 0 Å². The van der Waals surface area contributed by atoms with Gasteiger partial charge in [0.25, 0.3) is 0 Å². The number of esters is 2. The second-order valence-corrected chi connectivity index (χ2v) is 3.39. The average Bonchev–Trinajstić information content (AvgIpc) is 2.26. The van der Waals surface area contributed by atoms with E-state index in [1.807, 2.05) is 0 Å². The summed E-state index contributed by atoms with van der Waals surface area (Å²) in [7, 11) is 1.29. The number of rotatable bonds is 4. The molecule has 0 fully saturated rings. The zero-order valence-electron chi connectivity index (χ0n) is 9.98. The Bertz CT molecular complexity index is 425. The normalized spacial score (nSPS) is 9.59. The van der Waals surface area contributed by atoms with E-state index in [1.165, 1.54) is 14.0 Å². The van der Waals surface area contributed by atoms with E-state index in [0.717, 1.165) is 5.56 Å². The predicted octanol–water partition coefficient (Wildman–Crippen LogP) is 1.47. The lowest BCUT2D eigenvalue weighted by Crippen LogP contribution is -2.13. The molecule has 0 unspecified atom stereocenters. The van der Waals surface area contributed by atoms with Crippen molar-refractivity contribution < 1.29 is 23.8 Å². The summed E-state index contributed by atoms with van der Waals surface area (Å²) < 4.78 is 14.6. The molecule has 0 radical (unpaired) electrons. The van der Waals surface area contributed by atoms with Crippen molar-refractivity contribution in [1.82, 2.24) is 0 Å². The minimum Gasteiger partial charge on any atom is -0.482 e. The molecule has 0 spiro atoms. The topological polar surface area (TPSA) is 61.8 Å². The van der Waals surface area contributed by atoms with Gasteiger partial charge in [0, 0.05) is 6.92 Å². The van der Waals surface area contributed by atoms with Gasteiger partial charge in [-0.25, -0.2) is 4.79 Å². The van der Waals surface area contributed by atoms with Crippen molar-refractivity contribution >= 4 is 11.9 Å². The largest absolute Gasteiger partial charge is 0.482 e. The van der Waals surface area contributed by atoms with E-state index in [0.29, 0.717) is 11.5 Å². The Kier molecular flexibility index (Phi) is 4.51. The van der Waals surface area contributed by atoms with Crippen LogP contribution in [0.25, 0.3) is 0 Å². The highest BCUT2D eigenvalue weighted by atomic mass is 16.6. The fourth-order valence-electron chi connectivity index (χ4n) is 1.21. The summed E-state index contributed by atoms with van der Waals surface area (Å²) in [5, 5.41) is 0. The van der Waals surface area contributed by atoms with Crippen LogP contribution in [0.1, 0.15) is 12.5 Å². The summed E-state index contributed by atoms with van der Waals surface area (Å²) >= 11 is 0. The number of carbonyl (C=O) groups is 2. The van der Waals surface area contributed by atoms with E-state index in [-0.39, 0.29) is 12.6 Å². The highest BCUT2D eigenvalue weighted by Crippen LogP contribution is 2.23. The molecule has 0 aliphatic carbocycles. The number of aryl methyl sites for hydroxylation is 1. The molecule has 5 heteroatoms. The van der Waals surface area contributed by atoms with Crippen molar-refractivity contribution in [2.24, 2.45) is 0 Å². The predicted molar refractivity (Wildman–Crippen MR) is 60.0 cm³/mol. The number of hydrogen-bond donors (Lipinski definition) is 0. The van der Waals surface area contributed by atoms with Gasteiger partial charge >= 0.3 is 11.9 Å². The van der Waals surface area contributed by atoms with Crippen LogP contribution in [0.15, 0.2) is 18.2 Å². The van der Waals surface area contributed by atoms with Crippen molar-refractivity contribution in [3.63, 3.8) is 0 Å². The second-order valence-electron chi connectivity index (χ2n) is 3.39. The van der Waals surface area contributed by atoms with Gasteiger partial charge in [0.1, 0.15) is 11.5 Å². The van der Waals surface area contributed by atoms with Gasteiger partial charge in [0.15, 0.2) is 6.61 Å². The number of carbonyl (C=O) groups excluding carboxylic acids is 2. The maximum absolute atomic E-state index is 10.9. The van der Waals surface area contributed by atoms with Crippen LogP contribution in [0.5, 0.6) is 11.5 Å².